The Morgan fingerprint density at radius 1 is 0.585 bits per heavy atom. The Bertz CT molecular complexity index is 2280. The monoisotopic (exact) mass is 730 g/mol. The van der Waals surface area contributed by atoms with Crippen LogP contribution >= 0.6 is 0 Å². The summed E-state index contributed by atoms with van der Waals surface area (Å²) in [6.45, 7) is 0. The minimum absolute atomic E-state index is 0.0661. The predicted octanol–water partition coefficient (Wildman–Crippen LogP) is 3.98. The third kappa shape index (κ3) is 5.85. The molecule has 16 heteroatoms. The van der Waals surface area contributed by atoms with E-state index in [1.54, 1.807) is 0 Å². The lowest BCUT2D eigenvalue weighted by Crippen LogP contribution is -2.38. The van der Waals surface area contributed by atoms with Crippen LogP contribution < -0.4 is 9.47 Å². The molecule has 12 N–H and O–H groups in total. The molecule has 0 saturated carbocycles. The Morgan fingerprint density at radius 2 is 1.17 bits per heavy atom. The van der Waals surface area contributed by atoms with Gasteiger partial charge in [-0.1, -0.05) is 12.1 Å². The van der Waals surface area contributed by atoms with Gasteiger partial charge in [-0.25, -0.2) is 4.79 Å². The maximum Gasteiger partial charge on any atom is 0.338 e. The number of aliphatic hydroxyl groups excluding tert-OH is 1. The number of ether oxygens (including phenoxy) is 3. The first-order valence-electron chi connectivity index (χ1n) is 15.8. The van der Waals surface area contributed by atoms with E-state index in [0.717, 1.165) is 54.6 Å². The van der Waals surface area contributed by atoms with Crippen molar-refractivity contribution in [1.29, 1.82) is 0 Å². The number of aliphatic hydroxyl groups is 1. The second-order valence-electron chi connectivity index (χ2n) is 12.6. The molecule has 274 valence electrons. The van der Waals surface area contributed by atoms with Crippen LogP contribution in [-0.2, 0) is 11.2 Å². The van der Waals surface area contributed by atoms with Gasteiger partial charge in [0.2, 0.25) is 0 Å². The van der Waals surface area contributed by atoms with Gasteiger partial charge in [-0.3, -0.25) is 0 Å². The molecular weight excluding hydrogens is 700 g/mol. The van der Waals surface area contributed by atoms with Crippen LogP contribution in [-0.4, -0.2) is 79.5 Å². The van der Waals surface area contributed by atoms with E-state index in [0.29, 0.717) is 0 Å². The molecule has 2 aliphatic rings. The Hall–Kier alpha value is -7.07. The number of benzene rings is 5. The minimum Gasteiger partial charge on any atom is -0.508 e. The predicted molar refractivity (Wildman–Crippen MR) is 178 cm³/mol. The Balaban J connectivity index is 1.39. The van der Waals surface area contributed by atoms with Crippen LogP contribution in [0.3, 0.4) is 0 Å². The molecule has 5 aromatic carbocycles. The molecule has 16 nitrogen and oxygen atoms in total. The molecule has 7 rings (SSSR count). The van der Waals surface area contributed by atoms with Gasteiger partial charge in [0.05, 0.1) is 11.5 Å². The lowest BCUT2D eigenvalue weighted by Gasteiger charge is -2.40. The molecule has 0 unspecified atom stereocenters. The van der Waals surface area contributed by atoms with Crippen molar-refractivity contribution in [3.05, 3.63) is 100 Å². The summed E-state index contributed by atoms with van der Waals surface area (Å²) in [6, 6.07) is 11.9. The van der Waals surface area contributed by atoms with Crippen LogP contribution in [0.5, 0.6) is 74.7 Å². The summed E-state index contributed by atoms with van der Waals surface area (Å²) in [5.74, 6) is -9.84. The topological polar surface area (TPSA) is 288 Å². The number of hydrogen-bond donors (Lipinski definition) is 12. The summed E-state index contributed by atoms with van der Waals surface area (Å²) in [6.07, 6.45) is -6.22. The summed E-state index contributed by atoms with van der Waals surface area (Å²) in [7, 11) is 0. The van der Waals surface area contributed by atoms with E-state index in [-0.39, 0.29) is 45.7 Å². The molecule has 2 heterocycles. The highest BCUT2D eigenvalue weighted by molar-refractivity contribution is 5.91. The van der Waals surface area contributed by atoms with Gasteiger partial charge in [0.25, 0.3) is 0 Å². The zero-order chi connectivity index (χ0) is 38.0. The first-order chi connectivity index (χ1) is 25.1. The molecular formula is C37H30O16. The number of fused-ring (bicyclic) bond motifs is 2. The third-order valence-electron chi connectivity index (χ3n) is 9.22. The number of phenols is 11. The first kappa shape index (κ1) is 34.4. The van der Waals surface area contributed by atoms with E-state index in [2.05, 4.69) is 0 Å². The van der Waals surface area contributed by atoms with Crippen molar-refractivity contribution in [2.45, 2.75) is 36.8 Å². The Kier molecular flexibility index (Phi) is 8.18. The average Bonchev–Trinajstić information content (AvgIpc) is 3.10. The molecule has 5 aromatic rings. The van der Waals surface area contributed by atoms with Crippen molar-refractivity contribution in [3.63, 3.8) is 0 Å². The number of carbonyl (C=O) groups is 1. The normalized spacial score (nSPS) is 20.4. The van der Waals surface area contributed by atoms with Crippen LogP contribution in [0.1, 0.15) is 56.3 Å². The molecule has 0 aromatic heterocycles. The van der Waals surface area contributed by atoms with E-state index >= 15 is 0 Å². The number of esters is 1. The number of hydrogen-bond acceptors (Lipinski definition) is 16. The first-order valence-corrected chi connectivity index (χ1v) is 15.8. The fraction of sp³-hybridized carbons (Fsp3) is 0.162. The molecule has 0 aliphatic carbocycles. The molecule has 0 amide bonds. The summed E-state index contributed by atoms with van der Waals surface area (Å²) in [5, 5.41) is 126. The summed E-state index contributed by atoms with van der Waals surface area (Å²) in [4.78, 5) is 13.4. The van der Waals surface area contributed by atoms with Crippen LogP contribution in [0.2, 0.25) is 0 Å². The van der Waals surface area contributed by atoms with Crippen molar-refractivity contribution >= 4 is 5.97 Å². The number of phenolic OH excluding ortho intramolecular Hbond substituents is 11. The van der Waals surface area contributed by atoms with Crippen LogP contribution in [0.4, 0.5) is 0 Å². The summed E-state index contributed by atoms with van der Waals surface area (Å²) < 4.78 is 18.1. The molecule has 0 radical (unpaired) electrons. The zero-order valence-corrected chi connectivity index (χ0v) is 26.9. The van der Waals surface area contributed by atoms with Crippen molar-refractivity contribution in [2.24, 2.45) is 0 Å². The molecule has 0 fully saturated rings. The largest absolute Gasteiger partial charge is 0.508 e. The van der Waals surface area contributed by atoms with Gasteiger partial charge in [0.1, 0.15) is 46.7 Å². The van der Waals surface area contributed by atoms with Crippen molar-refractivity contribution in [1.82, 2.24) is 0 Å². The lowest BCUT2D eigenvalue weighted by molar-refractivity contribution is -0.0210. The number of aromatic hydroxyl groups is 11. The highest BCUT2D eigenvalue weighted by Gasteiger charge is 2.47. The van der Waals surface area contributed by atoms with Crippen LogP contribution in [0.25, 0.3) is 0 Å². The van der Waals surface area contributed by atoms with Crippen LogP contribution in [0, 0.1) is 0 Å². The van der Waals surface area contributed by atoms with E-state index in [4.69, 9.17) is 14.2 Å². The maximum atomic E-state index is 13.4. The molecule has 0 spiro atoms. The smallest absolute Gasteiger partial charge is 0.338 e. The second kappa shape index (κ2) is 12.6. The van der Waals surface area contributed by atoms with E-state index in [1.165, 1.54) is 12.1 Å². The summed E-state index contributed by atoms with van der Waals surface area (Å²) in [5.41, 5.74) is -0.556. The Morgan fingerprint density at radius 3 is 1.77 bits per heavy atom. The standard InChI is InChI=1S/C37H30O16/c38-16-9-23(44)29-27(10-16)51-35(14-2-4-19(40)22(43)6-14)33(49)31(29)30-24(45)12-20(41)17-11-28(52-37(50)15-7-25(46)32(48)26(47)8-15)34(53-36(17)30)13-1-3-18(39)21(42)5-13/h1-10,12,28,31,33-35,38-49H,11H2/t28-,31-,33-,34-,35-/m1/s1. The van der Waals surface area contributed by atoms with E-state index < -0.39 is 105 Å². The quantitative estimate of drug-likeness (QED) is 0.0899. The van der Waals surface area contributed by atoms with Gasteiger partial charge in [0.15, 0.2) is 52.5 Å². The minimum atomic E-state index is -1.72. The van der Waals surface area contributed by atoms with Crippen molar-refractivity contribution in [2.75, 3.05) is 0 Å². The van der Waals surface area contributed by atoms with Crippen LogP contribution in [0.15, 0.2) is 66.7 Å². The third-order valence-corrected chi connectivity index (χ3v) is 9.22. The zero-order valence-electron chi connectivity index (χ0n) is 26.9. The van der Waals surface area contributed by atoms with Crippen molar-refractivity contribution < 1.29 is 80.3 Å². The molecule has 0 bridgehead atoms. The fourth-order valence-electron chi connectivity index (χ4n) is 6.72. The molecule has 53 heavy (non-hydrogen) atoms. The van der Waals surface area contributed by atoms with Crippen molar-refractivity contribution in [3.8, 4) is 74.7 Å². The number of rotatable bonds is 5. The van der Waals surface area contributed by atoms with Gasteiger partial charge < -0.3 is 75.5 Å². The second-order valence-corrected chi connectivity index (χ2v) is 12.6. The lowest BCUT2D eigenvalue weighted by atomic mass is 9.77. The Labute approximate surface area is 297 Å². The SMILES string of the molecule is O=C(O[C@@H]1Cc2c(O)cc(O)c([C@H]3c4c(O)cc(O)cc4O[C@H](c4ccc(O)c(O)c4)[C@@H]3O)c2O[C@@H]1c1ccc(O)c(O)c1)c1cc(O)c(O)c(O)c1. The molecule has 5 atom stereocenters. The summed E-state index contributed by atoms with van der Waals surface area (Å²) >= 11 is 0. The molecule has 0 saturated heterocycles. The van der Waals surface area contributed by atoms with Gasteiger partial charge in [-0.05, 0) is 42.0 Å². The number of carbonyl (C=O) groups excluding carboxylic acids is 1. The van der Waals surface area contributed by atoms with Gasteiger partial charge in [-0.2, -0.15) is 0 Å². The maximum absolute atomic E-state index is 13.4. The van der Waals surface area contributed by atoms with E-state index in [1.807, 2.05) is 0 Å². The van der Waals surface area contributed by atoms with E-state index in [9.17, 15) is 66.1 Å². The highest BCUT2D eigenvalue weighted by Crippen LogP contribution is 2.57. The average molecular weight is 731 g/mol. The van der Waals surface area contributed by atoms with Gasteiger partial charge in [-0.15, -0.1) is 0 Å². The highest BCUT2D eigenvalue weighted by atomic mass is 16.6. The van der Waals surface area contributed by atoms with Gasteiger partial charge in [0, 0.05) is 46.9 Å². The fourth-order valence-corrected chi connectivity index (χ4v) is 6.72. The van der Waals surface area contributed by atoms with Gasteiger partial charge >= 0.3 is 5.97 Å². The molecule has 2 aliphatic heterocycles.